The van der Waals surface area contributed by atoms with E-state index in [0.29, 0.717) is 19.6 Å². The number of nitrogens with zero attached hydrogens (tertiary/aromatic N) is 1. The first kappa shape index (κ1) is 24.1. The molecule has 32 heavy (non-hydrogen) atoms. The topological polar surface area (TPSA) is 87.7 Å². The number of rotatable bonds is 10. The summed E-state index contributed by atoms with van der Waals surface area (Å²) >= 11 is 0. The van der Waals surface area contributed by atoms with Crippen molar-refractivity contribution in [3.05, 3.63) is 29.8 Å². The van der Waals surface area contributed by atoms with E-state index in [2.05, 4.69) is 17.6 Å². The van der Waals surface area contributed by atoms with Crippen molar-refractivity contribution in [2.75, 3.05) is 26.7 Å². The molecule has 7 nitrogen and oxygen atoms in total. The first-order valence-electron chi connectivity index (χ1n) is 12.0. The van der Waals surface area contributed by atoms with Crippen LogP contribution in [0, 0.1) is 11.8 Å². The highest BCUT2D eigenvalue weighted by atomic mass is 16.5. The van der Waals surface area contributed by atoms with E-state index in [0.717, 1.165) is 49.8 Å². The van der Waals surface area contributed by atoms with E-state index >= 15 is 0 Å². The fourth-order valence-corrected chi connectivity index (χ4v) is 4.84. The number of nitrogens with one attached hydrogen (secondary N) is 2. The van der Waals surface area contributed by atoms with Gasteiger partial charge in [-0.15, -0.1) is 0 Å². The normalized spacial score (nSPS) is 21.4. The summed E-state index contributed by atoms with van der Waals surface area (Å²) in [6, 6.07) is 7.33. The molecule has 1 aromatic rings. The summed E-state index contributed by atoms with van der Waals surface area (Å²) in [6.07, 6.45) is 7.46. The number of likely N-dealkylation sites (tertiary alicyclic amines) is 1. The minimum absolute atomic E-state index is 0.0185. The van der Waals surface area contributed by atoms with Crippen LogP contribution < -0.4 is 15.4 Å². The number of carbonyl (C=O) groups is 3. The fourth-order valence-electron chi connectivity index (χ4n) is 4.84. The summed E-state index contributed by atoms with van der Waals surface area (Å²) in [5.41, 5.74) is 0.943. The molecule has 1 heterocycles. The largest absolute Gasteiger partial charge is 0.497 e. The Bertz CT molecular complexity index is 774. The average Bonchev–Trinajstić information content (AvgIpc) is 3.16. The van der Waals surface area contributed by atoms with Gasteiger partial charge in [0.15, 0.2) is 0 Å². The summed E-state index contributed by atoms with van der Waals surface area (Å²) in [5.74, 6) is 0.389. The predicted molar refractivity (Wildman–Crippen MR) is 123 cm³/mol. The maximum atomic E-state index is 13.0. The number of benzene rings is 1. The molecule has 3 rings (SSSR count). The van der Waals surface area contributed by atoms with Crippen molar-refractivity contribution in [2.45, 2.75) is 64.3 Å². The van der Waals surface area contributed by atoms with Crippen molar-refractivity contribution in [1.82, 2.24) is 15.5 Å². The van der Waals surface area contributed by atoms with E-state index in [1.807, 2.05) is 29.2 Å². The minimum atomic E-state index is -0.443. The van der Waals surface area contributed by atoms with Crippen molar-refractivity contribution >= 4 is 17.7 Å². The number of hydrogen-bond acceptors (Lipinski definition) is 4. The highest BCUT2D eigenvalue weighted by Gasteiger charge is 2.44. The lowest BCUT2D eigenvalue weighted by molar-refractivity contribution is -0.129. The zero-order chi connectivity index (χ0) is 22.9. The van der Waals surface area contributed by atoms with Crippen LogP contribution in [0.1, 0.15) is 69.9 Å². The van der Waals surface area contributed by atoms with Crippen molar-refractivity contribution < 1.29 is 19.1 Å². The molecule has 7 heteroatoms. The number of methoxy groups -OCH3 is 1. The number of hydrogen-bond donors (Lipinski definition) is 2. The molecule has 0 bridgehead atoms. The molecule has 0 radical (unpaired) electrons. The Morgan fingerprint density at radius 1 is 1.03 bits per heavy atom. The van der Waals surface area contributed by atoms with Gasteiger partial charge in [0.25, 0.3) is 0 Å². The Hall–Kier alpha value is -2.57. The summed E-state index contributed by atoms with van der Waals surface area (Å²) in [5, 5.41) is 5.90. The Kier molecular flexibility index (Phi) is 8.94. The molecule has 1 saturated heterocycles. The highest BCUT2D eigenvalue weighted by molar-refractivity contribution is 5.90. The molecular weight excluding hydrogens is 406 g/mol. The van der Waals surface area contributed by atoms with Crippen molar-refractivity contribution in [2.24, 2.45) is 11.8 Å². The average molecular weight is 444 g/mol. The standard InChI is InChI=1S/C25H37N3O4/c1-3-4-16-28-22(29)17-21(23(28)18-10-12-20(32-2)13-11-18)25(31)27-15-14-26-24(30)19-8-6-5-7-9-19/h10-13,19,21,23H,3-9,14-17H2,1-2H3,(H,26,30)(H,27,31). The first-order chi connectivity index (χ1) is 15.5. The van der Waals surface area contributed by atoms with Gasteiger partial charge in [-0.1, -0.05) is 44.7 Å². The second-order valence-electron chi connectivity index (χ2n) is 8.89. The SMILES string of the molecule is CCCCN1C(=O)CC(C(=O)NCCNC(=O)C2CCCCC2)C1c1ccc(OC)cc1. The van der Waals surface area contributed by atoms with Crippen molar-refractivity contribution in [3.8, 4) is 5.75 Å². The Labute approximate surface area is 191 Å². The second kappa shape index (κ2) is 11.9. The summed E-state index contributed by atoms with van der Waals surface area (Å²) in [4.78, 5) is 39.9. The molecule has 1 aromatic carbocycles. The minimum Gasteiger partial charge on any atom is -0.497 e. The van der Waals surface area contributed by atoms with Gasteiger partial charge in [0.2, 0.25) is 17.7 Å². The van der Waals surface area contributed by atoms with Gasteiger partial charge >= 0.3 is 0 Å². The van der Waals surface area contributed by atoms with E-state index in [1.54, 1.807) is 7.11 Å². The molecule has 176 valence electrons. The van der Waals surface area contributed by atoms with Gasteiger partial charge in [0.05, 0.1) is 19.1 Å². The van der Waals surface area contributed by atoms with E-state index in [1.165, 1.54) is 6.42 Å². The molecule has 1 aliphatic heterocycles. The highest BCUT2D eigenvalue weighted by Crippen LogP contribution is 2.39. The smallest absolute Gasteiger partial charge is 0.226 e. The predicted octanol–water partition coefficient (Wildman–Crippen LogP) is 3.20. The number of carbonyl (C=O) groups excluding carboxylic acids is 3. The van der Waals surface area contributed by atoms with Crippen LogP contribution in [0.2, 0.25) is 0 Å². The molecule has 1 aliphatic carbocycles. The number of unbranched alkanes of at least 4 members (excludes halogenated alkanes) is 1. The van der Waals surface area contributed by atoms with Crippen LogP contribution in [0.3, 0.4) is 0 Å². The fraction of sp³-hybridized carbons (Fsp3) is 0.640. The zero-order valence-corrected chi connectivity index (χ0v) is 19.4. The monoisotopic (exact) mass is 443 g/mol. The van der Waals surface area contributed by atoms with E-state index in [-0.39, 0.29) is 36.1 Å². The summed E-state index contributed by atoms with van der Waals surface area (Å²) < 4.78 is 5.25. The third-order valence-corrected chi connectivity index (χ3v) is 6.68. The second-order valence-corrected chi connectivity index (χ2v) is 8.89. The van der Waals surface area contributed by atoms with E-state index in [4.69, 9.17) is 4.74 Å². The molecule has 1 saturated carbocycles. The molecule has 3 amide bonds. The molecule has 0 spiro atoms. The molecule has 0 aromatic heterocycles. The molecule has 2 aliphatic rings. The Morgan fingerprint density at radius 2 is 1.69 bits per heavy atom. The van der Waals surface area contributed by atoms with Crippen molar-refractivity contribution in [1.29, 1.82) is 0 Å². The zero-order valence-electron chi connectivity index (χ0n) is 19.4. The van der Waals surface area contributed by atoms with Crippen LogP contribution >= 0.6 is 0 Å². The van der Waals surface area contributed by atoms with Gasteiger partial charge in [-0.3, -0.25) is 14.4 Å². The van der Waals surface area contributed by atoms with Crippen LogP contribution in [0.5, 0.6) is 5.75 Å². The van der Waals surface area contributed by atoms with Gasteiger partial charge < -0.3 is 20.3 Å². The van der Waals surface area contributed by atoms with Crippen molar-refractivity contribution in [3.63, 3.8) is 0 Å². The van der Waals surface area contributed by atoms with Gasteiger partial charge in [0.1, 0.15) is 5.75 Å². The van der Waals surface area contributed by atoms with Crippen LogP contribution in [0.15, 0.2) is 24.3 Å². The summed E-state index contributed by atoms with van der Waals surface area (Å²) in [6.45, 7) is 3.52. The number of ether oxygens (including phenoxy) is 1. The van der Waals surface area contributed by atoms with E-state index in [9.17, 15) is 14.4 Å². The molecular formula is C25H37N3O4. The number of amides is 3. The van der Waals surface area contributed by atoms with Gasteiger partial charge in [-0.2, -0.15) is 0 Å². The third-order valence-electron chi connectivity index (χ3n) is 6.68. The lowest BCUT2D eigenvalue weighted by Crippen LogP contribution is -2.41. The molecule has 2 atom stereocenters. The van der Waals surface area contributed by atoms with Crippen LogP contribution in [-0.2, 0) is 14.4 Å². The molecule has 2 fully saturated rings. The first-order valence-corrected chi connectivity index (χ1v) is 12.0. The van der Waals surface area contributed by atoms with Gasteiger partial charge in [-0.05, 0) is 37.0 Å². The van der Waals surface area contributed by atoms with Crippen LogP contribution in [0.4, 0.5) is 0 Å². The Morgan fingerprint density at radius 3 is 2.31 bits per heavy atom. The van der Waals surface area contributed by atoms with Crippen LogP contribution in [-0.4, -0.2) is 49.4 Å². The lowest BCUT2D eigenvalue weighted by Gasteiger charge is -2.28. The van der Waals surface area contributed by atoms with Gasteiger partial charge in [-0.25, -0.2) is 0 Å². The van der Waals surface area contributed by atoms with Crippen LogP contribution in [0.25, 0.3) is 0 Å². The quantitative estimate of drug-likeness (QED) is 0.544. The third kappa shape index (κ3) is 6.02. The molecule has 2 unspecified atom stereocenters. The van der Waals surface area contributed by atoms with Gasteiger partial charge in [0, 0.05) is 32.0 Å². The molecule has 2 N–H and O–H groups in total. The lowest BCUT2D eigenvalue weighted by atomic mass is 9.89. The maximum Gasteiger partial charge on any atom is 0.226 e. The maximum absolute atomic E-state index is 13.0. The van der Waals surface area contributed by atoms with E-state index < -0.39 is 5.92 Å². The summed E-state index contributed by atoms with van der Waals surface area (Å²) in [7, 11) is 1.62. The Balaban J connectivity index is 1.59.